The Kier molecular flexibility index (Phi) is 8.40. The van der Waals surface area contributed by atoms with Crippen molar-refractivity contribution in [3.63, 3.8) is 0 Å². The first-order chi connectivity index (χ1) is 19.2. The van der Waals surface area contributed by atoms with Gasteiger partial charge in [-0.1, -0.05) is 48.5 Å². The Balaban J connectivity index is 0.000000175. The van der Waals surface area contributed by atoms with Crippen LogP contribution in [0.2, 0.25) is 0 Å². The number of nitrogens with zero attached hydrogens (tertiary/aromatic N) is 2. The van der Waals surface area contributed by atoms with Gasteiger partial charge in [-0.05, 0) is 103 Å². The molecule has 0 saturated carbocycles. The molecule has 0 aliphatic carbocycles. The number of hydrogen-bond donors (Lipinski definition) is 3. The van der Waals surface area contributed by atoms with Gasteiger partial charge >= 0.3 is 0 Å². The molecule has 4 N–H and O–H groups in total. The SMILES string of the molecule is C1=Cc2cc3ccc(cc4nc(cc5ccc(cc1n2)[nH]5)C=C4)[nH]3.Nc1ccccc1CCc1ccccc1.[Co]. The van der Waals surface area contributed by atoms with Crippen LogP contribution in [-0.4, -0.2) is 19.9 Å². The van der Waals surface area contributed by atoms with Crippen LogP contribution in [0.15, 0.2) is 103 Å². The van der Waals surface area contributed by atoms with Crippen LogP contribution in [0, 0.1) is 0 Å². The summed E-state index contributed by atoms with van der Waals surface area (Å²) in [5.41, 5.74) is 17.2. The van der Waals surface area contributed by atoms with E-state index in [0.29, 0.717) is 0 Å². The minimum absolute atomic E-state index is 0. The van der Waals surface area contributed by atoms with Crippen LogP contribution in [0.3, 0.4) is 0 Å². The smallest absolute Gasteiger partial charge is 0.0658 e. The summed E-state index contributed by atoms with van der Waals surface area (Å²) in [6.07, 6.45) is 10.2. The third kappa shape index (κ3) is 6.85. The number of nitrogen functional groups attached to an aromatic ring is 1. The fraction of sp³-hybridized carbons (Fsp3) is 0.0588. The zero-order chi connectivity index (χ0) is 26.4. The summed E-state index contributed by atoms with van der Waals surface area (Å²) < 4.78 is 0. The second-order valence-corrected chi connectivity index (χ2v) is 9.59. The number of rotatable bonds is 3. The van der Waals surface area contributed by atoms with E-state index < -0.39 is 0 Å². The van der Waals surface area contributed by atoms with Crippen molar-refractivity contribution in [2.45, 2.75) is 12.8 Å². The van der Waals surface area contributed by atoms with E-state index in [-0.39, 0.29) is 16.8 Å². The zero-order valence-electron chi connectivity index (χ0n) is 21.8. The molecular weight excluding hydrogens is 537 g/mol. The van der Waals surface area contributed by atoms with Gasteiger partial charge in [-0.15, -0.1) is 0 Å². The molecule has 8 bridgehead atoms. The molecule has 3 aromatic heterocycles. The Labute approximate surface area is 243 Å². The molecule has 0 spiro atoms. The van der Waals surface area contributed by atoms with Crippen molar-refractivity contribution in [2.24, 2.45) is 0 Å². The topological polar surface area (TPSA) is 83.4 Å². The monoisotopic (exact) mass is 566 g/mol. The maximum Gasteiger partial charge on any atom is 0.0658 e. The van der Waals surface area contributed by atoms with Crippen molar-refractivity contribution in [1.29, 1.82) is 0 Å². The number of H-pyrrole nitrogens is 2. The van der Waals surface area contributed by atoms with Crippen LogP contribution in [0.4, 0.5) is 5.69 Å². The minimum Gasteiger partial charge on any atom is -0.399 e. The van der Waals surface area contributed by atoms with E-state index in [0.717, 1.165) is 63.4 Å². The molecule has 0 unspecified atom stereocenters. The molecule has 2 aromatic carbocycles. The molecule has 5 nitrogen and oxygen atoms in total. The predicted octanol–water partition coefficient (Wildman–Crippen LogP) is 7.71. The van der Waals surface area contributed by atoms with E-state index in [9.17, 15) is 0 Å². The summed E-state index contributed by atoms with van der Waals surface area (Å²) in [6, 6.07) is 34.9. The fourth-order valence-electron chi connectivity index (χ4n) is 4.63. The maximum atomic E-state index is 5.88. The van der Waals surface area contributed by atoms with Gasteiger partial charge in [0.1, 0.15) is 0 Å². The summed E-state index contributed by atoms with van der Waals surface area (Å²) in [4.78, 5) is 16.0. The first-order valence-electron chi connectivity index (χ1n) is 13.1. The van der Waals surface area contributed by atoms with E-state index in [2.05, 4.69) is 74.5 Å². The van der Waals surface area contributed by atoms with Crippen molar-refractivity contribution in [1.82, 2.24) is 19.9 Å². The molecule has 2 aliphatic heterocycles. The van der Waals surface area contributed by atoms with E-state index in [4.69, 9.17) is 5.73 Å². The van der Waals surface area contributed by atoms with Crippen molar-refractivity contribution < 1.29 is 16.8 Å². The third-order valence-corrected chi connectivity index (χ3v) is 6.62. The molecule has 0 saturated heterocycles. The second kappa shape index (κ2) is 12.5. The summed E-state index contributed by atoms with van der Waals surface area (Å²) in [6.45, 7) is 0. The maximum absolute atomic E-state index is 5.88. The van der Waals surface area contributed by atoms with E-state index in [1.165, 1.54) is 11.1 Å². The minimum atomic E-state index is 0. The van der Waals surface area contributed by atoms with Gasteiger partial charge in [0.25, 0.3) is 0 Å². The zero-order valence-corrected chi connectivity index (χ0v) is 22.9. The van der Waals surface area contributed by atoms with E-state index >= 15 is 0 Å². The van der Waals surface area contributed by atoms with Crippen molar-refractivity contribution in [3.8, 4) is 0 Å². The Morgan fingerprint density at radius 3 is 1.38 bits per heavy atom. The van der Waals surface area contributed by atoms with Crippen LogP contribution in [0.25, 0.3) is 46.4 Å². The molecule has 5 heterocycles. The standard InChI is InChI=1S/C20H14N4.C14H15N.Co/c1-2-14-10-16-5-6-18(23-16)12-20-8-7-19(24-20)11-17-4-3-15(22-17)9-13(1)21-14;15-14-9-5-4-8-13(14)11-10-12-6-2-1-3-7-12;/h1-12,21,24H;1-9H,10-11,15H2;. The van der Waals surface area contributed by atoms with Gasteiger partial charge in [0.15, 0.2) is 0 Å². The second-order valence-electron chi connectivity index (χ2n) is 9.59. The molecule has 1 radical (unpaired) electrons. The van der Waals surface area contributed by atoms with E-state index in [1.54, 1.807) is 0 Å². The number of benzene rings is 2. The largest absolute Gasteiger partial charge is 0.399 e. The Morgan fingerprint density at radius 2 is 0.925 bits per heavy atom. The molecule has 40 heavy (non-hydrogen) atoms. The van der Waals surface area contributed by atoms with Crippen LogP contribution < -0.4 is 5.73 Å². The molecule has 5 aromatic rings. The first-order valence-corrected chi connectivity index (χ1v) is 13.1. The summed E-state index contributed by atoms with van der Waals surface area (Å²) in [5, 5.41) is 0. The molecule has 0 atom stereocenters. The van der Waals surface area contributed by atoms with Gasteiger partial charge in [0.05, 0.1) is 22.8 Å². The van der Waals surface area contributed by atoms with Crippen molar-refractivity contribution >= 4 is 52.1 Å². The summed E-state index contributed by atoms with van der Waals surface area (Å²) in [7, 11) is 0. The quantitative estimate of drug-likeness (QED) is 0.192. The van der Waals surface area contributed by atoms with Gasteiger partial charge in [-0.3, -0.25) is 0 Å². The fourth-order valence-corrected chi connectivity index (χ4v) is 4.63. The van der Waals surface area contributed by atoms with Gasteiger partial charge in [0, 0.05) is 44.5 Å². The summed E-state index contributed by atoms with van der Waals surface area (Å²) >= 11 is 0. The molecule has 199 valence electrons. The number of para-hydroxylation sites is 1. The average molecular weight is 567 g/mol. The van der Waals surface area contributed by atoms with Gasteiger partial charge in [-0.2, -0.15) is 0 Å². The van der Waals surface area contributed by atoms with Gasteiger partial charge < -0.3 is 15.7 Å². The molecule has 6 heteroatoms. The van der Waals surface area contributed by atoms with Crippen LogP contribution in [-0.2, 0) is 29.6 Å². The van der Waals surface area contributed by atoms with Crippen molar-refractivity contribution in [3.05, 3.63) is 137 Å². The number of fused-ring (bicyclic) bond motifs is 8. The molecule has 0 fully saturated rings. The first kappa shape index (κ1) is 26.9. The number of anilines is 1. The Bertz CT molecular complexity index is 1660. The Hall–Kier alpha value is -4.65. The van der Waals surface area contributed by atoms with Crippen molar-refractivity contribution in [2.75, 3.05) is 5.73 Å². The number of nitrogens with two attached hydrogens (primary N) is 1. The number of aryl methyl sites for hydroxylation is 2. The van der Waals surface area contributed by atoms with Gasteiger partial charge in [-0.25, -0.2) is 9.97 Å². The van der Waals surface area contributed by atoms with E-state index in [1.807, 2.05) is 72.8 Å². The normalized spacial score (nSPS) is 11.4. The summed E-state index contributed by atoms with van der Waals surface area (Å²) in [5.74, 6) is 0. The number of aromatic amines is 2. The predicted molar refractivity (Wildman–Crippen MR) is 164 cm³/mol. The molecule has 0 amide bonds. The van der Waals surface area contributed by atoms with Crippen LogP contribution >= 0.6 is 0 Å². The van der Waals surface area contributed by atoms with Gasteiger partial charge in [0.2, 0.25) is 0 Å². The number of nitrogens with one attached hydrogen (secondary N) is 2. The van der Waals surface area contributed by atoms with Crippen LogP contribution in [0.1, 0.15) is 33.9 Å². The molecular formula is C34H29CoN5. The molecule has 2 aliphatic rings. The number of aromatic nitrogens is 4. The average Bonchev–Trinajstić information content (AvgIpc) is 3.76. The molecule has 7 rings (SSSR count). The number of hydrogen-bond acceptors (Lipinski definition) is 3. The third-order valence-electron chi connectivity index (χ3n) is 6.62. The van der Waals surface area contributed by atoms with Crippen LogP contribution in [0.5, 0.6) is 0 Å². The Morgan fingerprint density at radius 1 is 0.500 bits per heavy atom.